The van der Waals surface area contributed by atoms with E-state index in [1.807, 2.05) is 0 Å². The van der Waals surface area contributed by atoms with Gasteiger partial charge in [0.2, 0.25) is 0 Å². The number of esters is 3. The predicted octanol–water partition coefficient (Wildman–Crippen LogP) is 21.8. The molecule has 0 aromatic carbocycles. The van der Waals surface area contributed by atoms with Gasteiger partial charge in [0.15, 0.2) is 6.10 Å². The molecule has 6 heteroatoms. The molecule has 0 spiro atoms. The van der Waals surface area contributed by atoms with Crippen molar-refractivity contribution in [1.29, 1.82) is 0 Å². The molecule has 0 bridgehead atoms. The first-order chi connectivity index (χ1) is 37.5. The van der Waals surface area contributed by atoms with Gasteiger partial charge in [-0.25, -0.2) is 0 Å². The van der Waals surface area contributed by atoms with Crippen LogP contribution in [0, 0.1) is 0 Å². The molecule has 0 N–H and O–H groups in total. The Kier molecular flexibility index (Phi) is 60.3. The first-order valence-corrected chi connectivity index (χ1v) is 31.9. The monoisotopic (exact) mass is 1050 g/mol. The van der Waals surface area contributed by atoms with E-state index in [0.29, 0.717) is 19.3 Å². The Labute approximate surface area is 470 Å². The van der Waals surface area contributed by atoms with Crippen LogP contribution >= 0.6 is 0 Å². The number of carbonyl (C=O) groups is 3. The van der Waals surface area contributed by atoms with Crippen molar-refractivity contribution in [3.63, 3.8) is 0 Å². The molecule has 1 unspecified atom stereocenters. The molecular formula is C70H118O6. The van der Waals surface area contributed by atoms with Crippen molar-refractivity contribution >= 4 is 17.9 Å². The van der Waals surface area contributed by atoms with Gasteiger partial charge in [-0.15, -0.1) is 0 Å². The number of rotatable bonds is 57. The van der Waals surface area contributed by atoms with Gasteiger partial charge in [0.1, 0.15) is 13.2 Å². The van der Waals surface area contributed by atoms with Gasteiger partial charge in [-0.2, -0.15) is 0 Å². The highest BCUT2D eigenvalue weighted by Gasteiger charge is 2.19. The zero-order valence-electron chi connectivity index (χ0n) is 49.7. The molecule has 434 valence electrons. The molecule has 6 nitrogen and oxygen atoms in total. The molecular weight excluding hydrogens is 937 g/mol. The van der Waals surface area contributed by atoms with Gasteiger partial charge in [0, 0.05) is 19.3 Å². The van der Waals surface area contributed by atoms with Crippen molar-refractivity contribution in [1.82, 2.24) is 0 Å². The van der Waals surface area contributed by atoms with E-state index < -0.39 is 6.10 Å². The molecule has 0 aliphatic heterocycles. The molecule has 0 heterocycles. The van der Waals surface area contributed by atoms with E-state index in [1.54, 1.807) is 0 Å². The van der Waals surface area contributed by atoms with Crippen LogP contribution in [0.1, 0.15) is 297 Å². The third-order valence-electron chi connectivity index (χ3n) is 13.5. The van der Waals surface area contributed by atoms with Crippen molar-refractivity contribution in [2.45, 2.75) is 303 Å². The molecule has 0 fully saturated rings. The number of hydrogen-bond acceptors (Lipinski definition) is 6. The van der Waals surface area contributed by atoms with Crippen molar-refractivity contribution in [3.05, 3.63) is 109 Å². The summed E-state index contributed by atoms with van der Waals surface area (Å²) >= 11 is 0. The molecule has 0 aromatic rings. The topological polar surface area (TPSA) is 78.9 Å². The fraction of sp³-hybridized carbons (Fsp3) is 0.700. The third-order valence-corrected chi connectivity index (χ3v) is 13.5. The van der Waals surface area contributed by atoms with Gasteiger partial charge in [-0.1, -0.05) is 278 Å². The first-order valence-electron chi connectivity index (χ1n) is 31.9. The number of allylic oxidation sites excluding steroid dienone is 18. The number of ether oxygens (including phenoxy) is 3. The predicted molar refractivity (Wildman–Crippen MR) is 330 cm³/mol. The quantitative estimate of drug-likeness (QED) is 0.0261. The highest BCUT2D eigenvalue weighted by atomic mass is 16.6. The molecule has 1 atom stereocenters. The first kappa shape index (κ1) is 72.1. The van der Waals surface area contributed by atoms with Gasteiger partial charge in [0.25, 0.3) is 0 Å². The number of hydrogen-bond donors (Lipinski definition) is 0. The summed E-state index contributed by atoms with van der Waals surface area (Å²) in [5.74, 6) is -0.942. The van der Waals surface area contributed by atoms with E-state index in [9.17, 15) is 14.4 Å². The van der Waals surface area contributed by atoms with E-state index in [-0.39, 0.29) is 31.1 Å². The highest BCUT2D eigenvalue weighted by Crippen LogP contribution is 2.16. The minimum absolute atomic E-state index is 0.0919. The van der Waals surface area contributed by atoms with Crippen LogP contribution in [0.3, 0.4) is 0 Å². The average molecular weight is 1060 g/mol. The SMILES string of the molecule is CC/C=C\C/C=C\C/C=C\C/C=C\C/C=C\C/C=C\C/C=C\C/C=C\CCCCC(=O)OCC(COC(=O)CCCCCCCC)OC(=O)CCCCCCCCCCCCCCC/C=C\CCCCCCCCCC. The van der Waals surface area contributed by atoms with Gasteiger partial charge in [-0.3, -0.25) is 14.4 Å². The molecule has 76 heavy (non-hydrogen) atoms. The normalized spacial score (nSPS) is 12.8. The smallest absolute Gasteiger partial charge is 0.306 e. The van der Waals surface area contributed by atoms with Crippen LogP contribution in [-0.2, 0) is 28.6 Å². The van der Waals surface area contributed by atoms with E-state index in [4.69, 9.17) is 14.2 Å². The van der Waals surface area contributed by atoms with Gasteiger partial charge in [0.05, 0.1) is 0 Å². The second-order valence-corrected chi connectivity index (χ2v) is 20.9. The van der Waals surface area contributed by atoms with Crippen LogP contribution in [0.4, 0.5) is 0 Å². The minimum atomic E-state index is -0.795. The zero-order chi connectivity index (χ0) is 55.0. The maximum atomic E-state index is 12.8. The summed E-state index contributed by atoms with van der Waals surface area (Å²) in [7, 11) is 0. The van der Waals surface area contributed by atoms with Crippen molar-refractivity contribution < 1.29 is 28.6 Å². The Balaban J connectivity index is 4.19. The fourth-order valence-corrected chi connectivity index (χ4v) is 8.75. The summed E-state index contributed by atoms with van der Waals surface area (Å²) < 4.78 is 16.8. The summed E-state index contributed by atoms with van der Waals surface area (Å²) in [6, 6.07) is 0. The molecule has 0 amide bonds. The lowest BCUT2D eigenvalue weighted by Gasteiger charge is -2.18. The zero-order valence-corrected chi connectivity index (χ0v) is 49.7. The minimum Gasteiger partial charge on any atom is -0.462 e. The summed E-state index contributed by atoms with van der Waals surface area (Å²) in [6.45, 7) is 6.44. The van der Waals surface area contributed by atoms with Gasteiger partial charge < -0.3 is 14.2 Å². The third kappa shape index (κ3) is 60.9. The van der Waals surface area contributed by atoms with E-state index in [1.165, 1.54) is 148 Å². The highest BCUT2D eigenvalue weighted by molar-refractivity contribution is 5.71. The van der Waals surface area contributed by atoms with Crippen LogP contribution < -0.4 is 0 Å². The second-order valence-electron chi connectivity index (χ2n) is 20.9. The average Bonchev–Trinajstić information content (AvgIpc) is 3.42. The lowest BCUT2D eigenvalue weighted by molar-refractivity contribution is -0.167. The maximum absolute atomic E-state index is 12.8. The van der Waals surface area contributed by atoms with Crippen molar-refractivity contribution in [2.75, 3.05) is 13.2 Å². The summed E-state index contributed by atoms with van der Waals surface area (Å²) in [5, 5.41) is 0. The van der Waals surface area contributed by atoms with Crippen molar-refractivity contribution in [2.24, 2.45) is 0 Å². The molecule has 0 saturated heterocycles. The lowest BCUT2D eigenvalue weighted by atomic mass is 10.0. The summed E-state index contributed by atoms with van der Waals surface area (Å²) in [5.41, 5.74) is 0. The van der Waals surface area contributed by atoms with Gasteiger partial charge >= 0.3 is 17.9 Å². The molecule has 0 rings (SSSR count). The number of carbonyl (C=O) groups excluding carboxylic acids is 3. The molecule has 0 aromatic heterocycles. The van der Waals surface area contributed by atoms with Crippen LogP contribution in [-0.4, -0.2) is 37.2 Å². The summed E-state index contributed by atoms with van der Waals surface area (Å²) in [4.78, 5) is 38.0. The standard InChI is InChI=1S/C70H118O6/c1-4-7-10-13-16-18-20-22-24-26-28-30-32-34-35-37-38-40-42-44-46-48-50-52-54-57-60-63-69(72)75-66-67(65-74-68(71)62-59-56-15-12-9-6-3)76-70(73)64-61-58-55-53-51-49-47-45-43-41-39-36-33-31-29-27-25-23-21-19-17-14-11-8-5-2/h7,10,16,18,22,24,27-30,34-35,38,40,44,46,50,52,67H,4-6,8-9,11-15,17,19-21,23,25-26,31-33,36-37,39,41-43,45,47-49,51,53-66H2,1-3H3/b10-7-,18-16-,24-22-,29-27-,30-28-,35-34-,40-38-,46-44-,52-50-. The Hall–Kier alpha value is -3.93. The van der Waals surface area contributed by atoms with Crippen LogP contribution in [0.2, 0.25) is 0 Å². The van der Waals surface area contributed by atoms with Crippen LogP contribution in [0.25, 0.3) is 0 Å². The Morgan fingerprint density at radius 1 is 0.276 bits per heavy atom. The lowest BCUT2D eigenvalue weighted by Crippen LogP contribution is -2.30. The molecule has 0 radical (unpaired) electrons. The largest absolute Gasteiger partial charge is 0.462 e. The van der Waals surface area contributed by atoms with Crippen molar-refractivity contribution in [3.8, 4) is 0 Å². The molecule has 0 aliphatic rings. The number of unbranched alkanes of at least 4 members (excludes halogenated alkanes) is 28. The van der Waals surface area contributed by atoms with E-state index >= 15 is 0 Å². The summed E-state index contributed by atoms with van der Waals surface area (Å²) in [6.07, 6.45) is 87.1. The van der Waals surface area contributed by atoms with E-state index in [2.05, 4.69) is 130 Å². The Bertz CT molecular complexity index is 1540. The second kappa shape index (κ2) is 63.6. The van der Waals surface area contributed by atoms with E-state index in [0.717, 1.165) is 109 Å². The van der Waals surface area contributed by atoms with Gasteiger partial charge in [-0.05, 0) is 109 Å². The fourth-order valence-electron chi connectivity index (χ4n) is 8.75. The maximum Gasteiger partial charge on any atom is 0.306 e. The Morgan fingerprint density at radius 2 is 0.513 bits per heavy atom. The Morgan fingerprint density at radius 3 is 0.842 bits per heavy atom. The van der Waals surface area contributed by atoms with Crippen LogP contribution in [0.15, 0.2) is 109 Å². The van der Waals surface area contributed by atoms with Crippen LogP contribution in [0.5, 0.6) is 0 Å². The molecule has 0 saturated carbocycles. The molecule has 0 aliphatic carbocycles.